The fraction of sp³-hybridized carbons (Fsp3) is 0.167. The molecule has 0 saturated carbocycles. The van der Waals surface area contributed by atoms with Crippen molar-refractivity contribution in [3.05, 3.63) is 46.4 Å². The van der Waals surface area contributed by atoms with Crippen molar-refractivity contribution in [3.63, 3.8) is 0 Å². The Bertz CT molecular complexity index is 638. The van der Waals surface area contributed by atoms with E-state index in [-0.39, 0.29) is 12.0 Å². The summed E-state index contributed by atoms with van der Waals surface area (Å²) in [4.78, 5) is 26.8. The van der Waals surface area contributed by atoms with Gasteiger partial charge in [0.15, 0.2) is 0 Å². The van der Waals surface area contributed by atoms with Crippen LogP contribution in [0.5, 0.6) is 0 Å². The Labute approximate surface area is 108 Å². The number of rotatable bonds is 3. The third-order valence-electron chi connectivity index (χ3n) is 2.39. The molecule has 0 unspecified atom stereocenters. The average molecular weight is 264 g/mol. The summed E-state index contributed by atoms with van der Waals surface area (Å²) in [7, 11) is 1.52. The molecule has 0 aliphatic rings. The lowest BCUT2D eigenvalue weighted by Gasteiger charge is -2.05. The number of carbonyl (C=O) groups is 1. The van der Waals surface area contributed by atoms with Crippen molar-refractivity contribution in [2.24, 2.45) is 7.05 Å². The molecule has 0 aliphatic heterocycles. The lowest BCUT2D eigenvalue weighted by atomic mass is 10.1. The molecule has 92 valence electrons. The molecular formula is C12H10ClN3O2. The standard InChI is InChI=1S/C12H10ClN3O2/c1-16-12(18)8(7-11(13)17)6-10(15-16)9-4-2-3-5-14-9/h2-6H,7H2,1H3. The first-order valence-corrected chi connectivity index (χ1v) is 5.62. The van der Waals surface area contributed by atoms with E-state index in [1.54, 1.807) is 24.4 Å². The second-order valence-corrected chi connectivity index (χ2v) is 4.15. The van der Waals surface area contributed by atoms with Gasteiger partial charge in [-0.3, -0.25) is 14.6 Å². The number of halogens is 1. The molecule has 0 spiro atoms. The van der Waals surface area contributed by atoms with E-state index in [1.165, 1.54) is 11.7 Å². The second kappa shape index (κ2) is 5.10. The van der Waals surface area contributed by atoms with E-state index in [4.69, 9.17) is 11.6 Å². The highest BCUT2D eigenvalue weighted by Gasteiger charge is 2.10. The highest BCUT2D eigenvalue weighted by Crippen LogP contribution is 2.13. The summed E-state index contributed by atoms with van der Waals surface area (Å²) in [5.74, 6) is 0. The molecule has 0 aliphatic carbocycles. The highest BCUT2D eigenvalue weighted by atomic mass is 35.5. The molecule has 0 aromatic carbocycles. The first-order valence-electron chi connectivity index (χ1n) is 5.25. The van der Waals surface area contributed by atoms with E-state index in [1.807, 2.05) is 6.07 Å². The van der Waals surface area contributed by atoms with Gasteiger partial charge in [0.2, 0.25) is 5.24 Å². The predicted octanol–water partition coefficient (Wildman–Crippen LogP) is 1.15. The molecule has 2 aromatic rings. The van der Waals surface area contributed by atoms with Crippen molar-refractivity contribution in [2.45, 2.75) is 6.42 Å². The summed E-state index contributed by atoms with van der Waals surface area (Å²) >= 11 is 5.31. The molecule has 6 heteroatoms. The number of hydrogen-bond acceptors (Lipinski definition) is 4. The fourth-order valence-corrected chi connectivity index (χ4v) is 1.73. The number of pyridine rings is 1. The average Bonchev–Trinajstić information content (AvgIpc) is 2.35. The highest BCUT2D eigenvalue weighted by molar-refractivity contribution is 6.63. The van der Waals surface area contributed by atoms with Crippen molar-refractivity contribution in [2.75, 3.05) is 0 Å². The first kappa shape index (κ1) is 12.4. The molecule has 2 rings (SSSR count). The molecule has 2 heterocycles. The van der Waals surface area contributed by atoms with Crippen molar-refractivity contribution >= 4 is 16.8 Å². The number of carbonyl (C=O) groups excluding carboxylic acids is 1. The van der Waals surface area contributed by atoms with E-state index in [0.29, 0.717) is 17.0 Å². The lowest BCUT2D eigenvalue weighted by Crippen LogP contribution is -2.25. The second-order valence-electron chi connectivity index (χ2n) is 3.73. The van der Waals surface area contributed by atoms with Crippen molar-refractivity contribution in [3.8, 4) is 11.4 Å². The SMILES string of the molecule is Cn1nc(-c2ccccn2)cc(CC(=O)Cl)c1=O. The van der Waals surface area contributed by atoms with Gasteiger partial charge in [-0.25, -0.2) is 4.68 Å². The van der Waals surface area contributed by atoms with Gasteiger partial charge < -0.3 is 0 Å². The maximum Gasteiger partial charge on any atom is 0.270 e. The van der Waals surface area contributed by atoms with Gasteiger partial charge in [0.05, 0.1) is 12.1 Å². The molecule has 0 bridgehead atoms. The van der Waals surface area contributed by atoms with E-state index in [0.717, 1.165) is 0 Å². The monoisotopic (exact) mass is 263 g/mol. The maximum absolute atomic E-state index is 11.8. The van der Waals surface area contributed by atoms with Gasteiger partial charge in [-0.2, -0.15) is 5.10 Å². The molecule has 0 radical (unpaired) electrons. The Kier molecular flexibility index (Phi) is 3.53. The zero-order valence-electron chi connectivity index (χ0n) is 9.63. The predicted molar refractivity (Wildman–Crippen MR) is 67.3 cm³/mol. The summed E-state index contributed by atoms with van der Waals surface area (Å²) in [6.45, 7) is 0. The molecule has 0 fully saturated rings. The zero-order valence-corrected chi connectivity index (χ0v) is 10.4. The van der Waals surface area contributed by atoms with Crippen LogP contribution in [0.1, 0.15) is 5.56 Å². The number of aromatic nitrogens is 3. The minimum atomic E-state index is -0.578. The van der Waals surface area contributed by atoms with Crippen LogP contribution in [0.25, 0.3) is 11.4 Å². The summed E-state index contributed by atoms with van der Waals surface area (Å²) < 4.78 is 1.18. The Morgan fingerprint density at radius 3 is 2.78 bits per heavy atom. The maximum atomic E-state index is 11.8. The van der Waals surface area contributed by atoms with Gasteiger partial charge >= 0.3 is 0 Å². The molecule has 0 N–H and O–H groups in total. The van der Waals surface area contributed by atoms with Crippen molar-refractivity contribution in [1.29, 1.82) is 0 Å². The molecule has 0 amide bonds. The number of hydrogen-bond donors (Lipinski definition) is 0. The van der Waals surface area contributed by atoms with E-state index in [2.05, 4.69) is 10.1 Å². The molecule has 0 atom stereocenters. The largest absolute Gasteiger partial charge is 0.281 e. The number of aryl methyl sites for hydroxylation is 1. The number of nitrogens with zero attached hydrogens (tertiary/aromatic N) is 3. The summed E-state index contributed by atoms with van der Waals surface area (Å²) in [5.41, 5.74) is 1.15. The van der Waals surface area contributed by atoms with Crippen LogP contribution < -0.4 is 5.56 Å². The Morgan fingerprint density at radius 1 is 1.39 bits per heavy atom. The van der Waals surface area contributed by atoms with Crippen LogP contribution >= 0.6 is 11.6 Å². The minimum absolute atomic E-state index is 0.115. The van der Waals surface area contributed by atoms with Gasteiger partial charge in [-0.1, -0.05) is 6.07 Å². The minimum Gasteiger partial charge on any atom is -0.281 e. The van der Waals surface area contributed by atoms with Crippen LogP contribution in [0.3, 0.4) is 0 Å². The normalized spacial score (nSPS) is 10.3. The molecule has 2 aromatic heterocycles. The molecular weight excluding hydrogens is 254 g/mol. The van der Waals surface area contributed by atoms with Gasteiger partial charge in [0.25, 0.3) is 5.56 Å². The summed E-state index contributed by atoms with van der Waals surface area (Å²) in [6, 6.07) is 6.93. The van der Waals surface area contributed by atoms with E-state index in [9.17, 15) is 9.59 Å². The van der Waals surface area contributed by atoms with Crippen LogP contribution in [0, 0.1) is 0 Å². The molecule has 5 nitrogen and oxygen atoms in total. The van der Waals surface area contributed by atoms with Crippen LogP contribution in [0.4, 0.5) is 0 Å². The molecule has 0 saturated heterocycles. The van der Waals surface area contributed by atoms with Gasteiger partial charge in [-0.15, -0.1) is 0 Å². The smallest absolute Gasteiger partial charge is 0.270 e. The first-order chi connectivity index (χ1) is 8.58. The molecule has 18 heavy (non-hydrogen) atoms. The van der Waals surface area contributed by atoms with Crippen molar-refractivity contribution < 1.29 is 4.79 Å². The zero-order chi connectivity index (χ0) is 13.1. The van der Waals surface area contributed by atoms with Crippen LogP contribution in [-0.2, 0) is 18.3 Å². The third kappa shape index (κ3) is 2.62. The topological polar surface area (TPSA) is 64.8 Å². The van der Waals surface area contributed by atoms with Gasteiger partial charge in [0, 0.05) is 18.8 Å². The van der Waals surface area contributed by atoms with Crippen LogP contribution in [0.15, 0.2) is 35.3 Å². The van der Waals surface area contributed by atoms with E-state index < -0.39 is 5.24 Å². The third-order valence-corrected chi connectivity index (χ3v) is 2.53. The van der Waals surface area contributed by atoms with Gasteiger partial charge in [0.1, 0.15) is 5.69 Å². The van der Waals surface area contributed by atoms with Crippen LogP contribution in [0.2, 0.25) is 0 Å². The quantitative estimate of drug-likeness (QED) is 0.779. The Morgan fingerprint density at radius 2 is 2.17 bits per heavy atom. The Balaban J connectivity index is 2.54. The Hall–Kier alpha value is -2.01. The summed E-state index contributed by atoms with van der Waals surface area (Å²) in [6.07, 6.45) is 1.52. The van der Waals surface area contributed by atoms with Gasteiger partial charge in [-0.05, 0) is 29.8 Å². The van der Waals surface area contributed by atoms with Crippen molar-refractivity contribution in [1.82, 2.24) is 14.8 Å². The summed E-state index contributed by atoms with van der Waals surface area (Å²) in [5, 5.41) is 3.52. The fourth-order valence-electron chi connectivity index (χ4n) is 1.59. The van der Waals surface area contributed by atoms with E-state index >= 15 is 0 Å². The van der Waals surface area contributed by atoms with Crippen LogP contribution in [-0.4, -0.2) is 20.0 Å². The lowest BCUT2D eigenvalue weighted by molar-refractivity contribution is -0.111.